The molecule has 1 aromatic carbocycles. The highest BCUT2D eigenvalue weighted by atomic mass is 79.9. The van der Waals surface area contributed by atoms with E-state index in [4.69, 9.17) is 4.74 Å². The van der Waals surface area contributed by atoms with E-state index in [1.165, 1.54) is 11.3 Å². The van der Waals surface area contributed by atoms with Crippen molar-refractivity contribution in [1.82, 2.24) is 0 Å². The molecule has 1 aliphatic carbocycles. The quantitative estimate of drug-likeness (QED) is 0.778. The van der Waals surface area contributed by atoms with Crippen molar-refractivity contribution in [2.45, 2.75) is 13.3 Å². The minimum Gasteiger partial charge on any atom is -0.496 e. The van der Waals surface area contributed by atoms with Crippen molar-refractivity contribution in [2.75, 3.05) is 7.11 Å². The summed E-state index contributed by atoms with van der Waals surface area (Å²) in [5.41, 5.74) is 0. The topological polar surface area (TPSA) is 43.4 Å². The second kappa shape index (κ2) is 4.97. The molecule has 20 heavy (non-hydrogen) atoms. The van der Waals surface area contributed by atoms with Gasteiger partial charge in [-0.3, -0.25) is 9.59 Å². The molecule has 1 aliphatic rings. The lowest BCUT2D eigenvalue weighted by Gasteiger charge is -2.01. The van der Waals surface area contributed by atoms with E-state index in [1.807, 2.05) is 18.2 Å². The van der Waals surface area contributed by atoms with E-state index in [9.17, 15) is 9.59 Å². The van der Waals surface area contributed by atoms with Crippen molar-refractivity contribution in [2.24, 2.45) is 11.8 Å². The first-order valence-corrected chi connectivity index (χ1v) is 7.94. The van der Waals surface area contributed by atoms with Gasteiger partial charge in [-0.1, -0.05) is 0 Å². The largest absolute Gasteiger partial charge is 0.496 e. The van der Waals surface area contributed by atoms with Crippen molar-refractivity contribution in [1.29, 1.82) is 0 Å². The second-order valence-electron chi connectivity index (χ2n) is 5.06. The SMILES string of the molecule is COc1cc2sc(C(=O)[C@H]3C[C@H]3C(C)=O)cc2cc1Br. The molecule has 0 amide bonds. The van der Waals surface area contributed by atoms with Gasteiger partial charge in [-0.05, 0) is 52.9 Å². The zero-order valence-corrected chi connectivity index (χ0v) is 13.5. The summed E-state index contributed by atoms with van der Waals surface area (Å²) in [6.45, 7) is 1.56. The van der Waals surface area contributed by atoms with Crippen LogP contribution in [0.2, 0.25) is 0 Å². The van der Waals surface area contributed by atoms with Crippen LogP contribution in [-0.2, 0) is 4.79 Å². The Labute approximate surface area is 129 Å². The van der Waals surface area contributed by atoms with Gasteiger partial charge in [0.15, 0.2) is 5.78 Å². The van der Waals surface area contributed by atoms with Crippen LogP contribution in [-0.4, -0.2) is 18.7 Å². The molecule has 1 saturated carbocycles. The summed E-state index contributed by atoms with van der Waals surface area (Å²) in [5.74, 6) is 0.807. The highest BCUT2D eigenvalue weighted by Gasteiger charge is 2.46. The van der Waals surface area contributed by atoms with Gasteiger partial charge >= 0.3 is 0 Å². The highest BCUT2D eigenvalue weighted by Crippen LogP contribution is 2.44. The number of hydrogen-bond acceptors (Lipinski definition) is 4. The van der Waals surface area contributed by atoms with E-state index in [2.05, 4.69) is 15.9 Å². The molecule has 0 radical (unpaired) electrons. The Morgan fingerprint density at radius 1 is 1.30 bits per heavy atom. The lowest BCUT2D eigenvalue weighted by Crippen LogP contribution is -2.04. The predicted octanol–water partition coefficient (Wildman–Crippen LogP) is 4.08. The van der Waals surface area contributed by atoms with Gasteiger partial charge in [0.1, 0.15) is 11.5 Å². The fraction of sp³-hybridized carbons (Fsp3) is 0.333. The van der Waals surface area contributed by atoms with Gasteiger partial charge in [0.05, 0.1) is 16.5 Å². The molecular weight excluding hydrogens is 340 g/mol. The van der Waals surface area contributed by atoms with E-state index in [1.54, 1.807) is 14.0 Å². The predicted molar refractivity (Wildman–Crippen MR) is 82.7 cm³/mol. The van der Waals surface area contributed by atoms with Gasteiger partial charge in [-0.15, -0.1) is 11.3 Å². The van der Waals surface area contributed by atoms with Crippen LogP contribution < -0.4 is 4.74 Å². The van der Waals surface area contributed by atoms with Crippen LogP contribution >= 0.6 is 27.3 Å². The van der Waals surface area contributed by atoms with E-state index in [0.717, 1.165) is 25.2 Å². The molecule has 1 fully saturated rings. The number of ketones is 2. The van der Waals surface area contributed by atoms with E-state index < -0.39 is 0 Å². The molecule has 5 heteroatoms. The molecule has 3 nitrogen and oxygen atoms in total. The molecule has 2 atom stereocenters. The van der Waals surface area contributed by atoms with Gasteiger partial charge in [-0.2, -0.15) is 0 Å². The van der Waals surface area contributed by atoms with Gasteiger partial charge in [0.2, 0.25) is 0 Å². The number of carbonyl (C=O) groups excluding carboxylic acids is 2. The molecule has 1 heterocycles. The number of carbonyl (C=O) groups is 2. The number of hydrogen-bond donors (Lipinski definition) is 0. The van der Waals surface area contributed by atoms with Crippen LogP contribution in [0.25, 0.3) is 10.1 Å². The molecule has 0 aliphatic heterocycles. The van der Waals surface area contributed by atoms with Crippen LogP contribution in [0.5, 0.6) is 5.75 Å². The maximum atomic E-state index is 12.3. The van der Waals surface area contributed by atoms with Crippen LogP contribution in [0.3, 0.4) is 0 Å². The average Bonchev–Trinajstić information content (AvgIpc) is 3.11. The normalized spacial score (nSPS) is 20.9. The molecule has 0 N–H and O–H groups in total. The van der Waals surface area contributed by atoms with E-state index >= 15 is 0 Å². The first-order chi connectivity index (χ1) is 9.51. The Hall–Kier alpha value is -1.20. The minimum absolute atomic E-state index is 0.0611. The van der Waals surface area contributed by atoms with Gasteiger partial charge in [0.25, 0.3) is 0 Å². The minimum atomic E-state index is -0.106. The molecule has 0 saturated heterocycles. The molecule has 2 aromatic rings. The van der Waals surface area contributed by atoms with Crippen LogP contribution in [0.4, 0.5) is 0 Å². The number of Topliss-reactive ketones (excluding diaryl/α,β-unsaturated/α-hetero) is 2. The van der Waals surface area contributed by atoms with Crippen LogP contribution in [0.1, 0.15) is 23.0 Å². The number of halogens is 1. The molecule has 3 rings (SSSR count). The third-order valence-corrected chi connectivity index (χ3v) is 5.42. The zero-order valence-electron chi connectivity index (χ0n) is 11.1. The van der Waals surface area contributed by atoms with Crippen molar-refractivity contribution in [3.05, 3.63) is 27.5 Å². The van der Waals surface area contributed by atoms with Crippen LogP contribution in [0.15, 0.2) is 22.7 Å². The maximum Gasteiger partial charge on any atom is 0.176 e. The summed E-state index contributed by atoms with van der Waals surface area (Å²) in [5, 5.41) is 1.02. The number of rotatable bonds is 4. The third kappa shape index (κ3) is 2.29. The fourth-order valence-electron chi connectivity index (χ4n) is 2.44. The number of thiophene rings is 1. The third-order valence-electron chi connectivity index (χ3n) is 3.68. The molecular formula is C15H13BrO3S. The molecule has 0 unspecified atom stereocenters. The van der Waals surface area contributed by atoms with Gasteiger partial charge in [0, 0.05) is 16.5 Å². The Bertz CT molecular complexity index is 719. The fourth-order valence-corrected chi connectivity index (χ4v) is 4.03. The summed E-state index contributed by atoms with van der Waals surface area (Å²) in [4.78, 5) is 24.4. The van der Waals surface area contributed by atoms with E-state index in [-0.39, 0.29) is 23.4 Å². The molecule has 0 spiro atoms. The molecule has 0 bridgehead atoms. The smallest absolute Gasteiger partial charge is 0.176 e. The Kier molecular flexibility index (Phi) is 3.42. The summed E-state index contributed by atoms with van der Waals surface area (Å²) in [6.07, 6.45) is 0.704. The highest BCUT2D eigenvalue weighted by molar-refractivity contribution is 9.10. The first kappa shape index (κ1) is 13.8. The second-order valence-corrected chi connectivity index (χ2v) is 7.00. The number of benzene rings is 1. The average molecular weight is 353 g/mol. The summed E-state index contributed by atoms with van der Waals surface area (Å²) >= 11 is 4.91. The van der Waals surface area contributed by atoms with Crippen molar-refractivity contribution >= 4 is 48.9 Å². The Morgan fingerprint density at radius 3 is 2.65 bits per heavy atom. The van der Waals surface area contributed by atoms with Gasteiger partial charge < -0.3 is 4.74 Å². The molecule has 1 aromatic heterocycles. The lowest BCUT2D eigenvalue weighted by atomic mass is 10.1. The van der Waals surface area contributed by atoms with Gasteiger partial charge in [-0.25, -0.2) is 0 Å². The summed E-state index contributed by atoms with van der Waals surface area (Å²) < 4.78 is 7.16. The summed E-state index contributed by atoms with van der Waals surface area (Å²) in [7, 11) is 1.62. The standard InChI is InChI=1S/C15H13BrO3S/c1-7(17)9-5-10(9)15(18)14-4-8-3-11(16)12(19-2)6-13(8)20-14/h3-4,6,9-10H,5H2,1-2H3/t9-,10-/m0/s1. The monoisotopic (exact) mass is 352 g/mol. The Morgan fingerprint density at radius 2 is 2.05 bits per heavy atom. The van der Waals surface area contributed by atoms with Crippen molar-refractivity contribution in [3.8, 4) is 5.75 Å². The van der Waals surface area contributed by atoms with Crippen molar-refractivity contribution < 1.29 is 14.3 Å². The van der Waals surface area contributed by atoms with E-state index in [0.29, 0.717) is 6.42 Å². The van der Waals surface area contributed by atoms with Crippen LogP contribution in [0, 0.1) is 11.8 Å². The number of fused-ring (bicyclic) bond motifs is 1. The maximum absolute atomic E-state index is 12.3. The van der Waals surface area contributed by atoms with Crippen molar-refractivity contribution in [3.63, 3.8) is 0 Å². The first-order valence-electron chi connectivity index (χ1n) is 6.33. The summed E-state index contributed by atoms with van der Waals surface area (Å²) in [6, 6.07) is 5.79. The lowest BCUT2D eigenvalue weighted by molar-refractivity contribution is -0.118. The zero-order chi connectivity index (χ0) is 14.4. The molecule has 104 valence electrons. The Balaban J connectivity index is 1.93. The number of methoxy groups -OCH3 is 1. The number of ether oxygens (including phenoxy) is 1.